The number of nitro groups is 1. The molecule has 1 aromatic carbocycles. The highest BCUT2D eigenvalue weighted by Crippen LogP contribution is 2.30. The third-order valence-corrected chi connectivity index (χ3v) is 3.20. The molecular weight excluding hydrogens is 234 g/mol. The fraction of sp³-hybridized carbons (Fsp3) is 0.417. The number of para-hydroxylation sites is 1. The van der Waals surface area contributed by atoms with Crippen LogP contribution in [0.25, 0.3) is 10.9 Å². The van der Waals surface area contributed by atoms with Crippen molar-refractivity contribution in [2.75, 3.05) is 6.61 Å². The second-order valence-corrected chi connectivity index (χ2v) is 4.36. The molecule has 0 bridgehead atoms. The van der Waals surface area contributed by atoms with E-state index in [2.05, 4.69) is 5.10 Å². The highest BCUT2D eigenvalue weighted by molar-refractivity contribution is 5.87. The van der Waals surface area contributed by atoms with Gasteiger partial charge in [-0.3, -0.25) is 0 Å². The van der Waals surface area contributed by atoms with Gasteiger partial charge in [0.2, 0.25) is 0 Å². The zero-order valence-electron chi connectivity index (χ0n) is 9.78. The third kappa shape index (κ3) is 1.74. The SMILES string of the molecule is O=[N+]([O-])c1nn(C2CCCCO2)c2ccccc12. The lowest BCUT2D eigenvalue weighted by Crippen LogP contribution is -2.19. The molecule has 1 aliphatic rings. The van der Waals surface area contributed by atoms with Crippen LogP contribution >= 0.6 is 0 Å². The minimum atomic E-state index is -0.443. The van der Waals surface area contributed by atoms with Crippen molar-refractivity contribution in [2.45, 2.75) is 25.5 Å². The molecule has 1 fully saturated rings. The fourth-order valence-corrected chi connectivity index (χ4v) is 2.34. The zero-order valence-corrected chi connectivity index (χ0v) is 9.78. The van der Waals surface area contributed by atoms with Gasteiger partial charge in [0, 0.05) is 6.61 Å². The zero-order chi connectivity index (χ0) is 12.5. The Morgan fingerprint density at radius 1 is 1.39 bits per heavy atom. The molecule has 0 saturated carbocycles. The quantitative estimate of drug-likeness (QED) is 0.604. The summed E-state index contributed by atoms with van der Waals surface area (Å²) < 4.78 is 7.29. The van der Waals surface area contributed by atoms with Crippen LogP contribution in [0.2, 0.25) is 0 Å². The van der Waals surface area contributed by atoms with Crippen LogP contribution < -0.4 is 0 Å². The Kier molecular flexibility index (Phi) is 2.71. The van der Waals surface area contributed by atoms with E-state index in [4.69, 9.17) is 4.74 Å². The van der Waals surface area contributed by atoms with Gasteiger partial charge in [0.05, 0.1) is 5.10 Å². The fourth-order valence-electron chi connectivity index (χ4n) is 2.34. The smallest absolute Gasteiger partial charge is 0.358 e. The highest BCUT2D eigenvalue weighted by atomic mass is 16.6. The summed E-state index contributed by atoms with van der Waals surface area (Å²) in [7, 11) is 0. The number of hydrogen-bond acceptors (Lipinski definition) is 4. The number of ether oxygens (including phenoxy) is 1. The van der Waals surface area contributed by atoms with E-state index in [-0.39, 0.29) is 12.0 Å². The molecule has 2 aromatic rings. The molecule has 6 nitrogen and oxygen atoms in total. The topological polar surface area (TPSA) is 70.2 Å². The standard InChI is InChI=1S/C12H13N3O3/c16-15(17)12-9-5-1-2-6-10(9)14(13-12)11-7-3-4-8-18-11/h1-2,5-6,11H,3-4,7-8H2. The first-order valence-electron chi connectivity index (χ1n) is 6.00. The summed E-state index contributed by atoms with van der Waals surface area (Å²) >= 11 is 0. The molecule has 1 saturated heterocycles. The van der Waals surface area contributed by atoms with Crippen molar-refractivity contribution in [2.24, 2.45) is 0 Å². The molecule has 0 N–H and O–H groups in total. The number of rotatable bonds is 2. The lowest BCUT2D eigenvalue weighted by Gasteiger charge is -2.20. The molecule has 1 atom stereocenters. The molecular formula is C12H13N3O3. The van der Waals surface area contributed by atoms with Crippen molar-refractivity contribution < 1.29 is 9.66 Å². The van der Waals surface area contributed by atoms with Gasteiger partial charge in [0.1, 0.15) is 10.9 Å². The Balaban J connectivity index is 2.13. The van der Waals surface area contributed by atoms with Crippen molar-refractivity contribution in [1.82, 2.24) is 9.78 Å². The maximum atomic E-state index is 11.0. The van der Waals surface area contributed by atoms with Gasteiger partial charge in [-0.05, 0) is 36.3 Å². The predicted molar refractivity (Wildman–Crippen MR) is 65.2 cm³/mol. The number of benzene rings is 1. The molecule has 6 heteroatoms. The van der Waals surface area contributed by atoms with E-state index in [1.165, 1.54) is 0 Å². The minimum absolute atomic E-state index is 0.0974. The second-order valence-electron chi connectivity index (χ2n) is 4.36. The van der Waals surface area contributed by atoms with Gasteiger partial charge >= 0.3 is 5.82 Å². The summed E-state index contributed by atoms with van der Waals surface area (Å²) in [6.45, 7) is 0.687. The summed E-state index contributed by atoms with van der Waals surface area (Å²) in [6.07, 6.45) is 2.77. The molecule has 0 radical (unpaired) electrons. The first-order valence-corrected chi connectivity index (χ1v) is 6.00. The third-order valence-electron chi connectivity index (χ3n) is 3.20. The van der Waals surface area contributed by atoms with E-state index in [1.54, 1.807) is 16.8 Å². The van der Waals surface area contributed by atoms with Crippen molar-refractivity contribution in [1.29, 1.82) is 0 Å². The second kappa shape index (κ2) is 4.38. The van der Waals surface area contributed by atoms with Crippen LogP contribution in [0.4, 0.5) is 5.82 Å². The Bertz CT molecular complexity index is 587. The first kappa shape index (κ1) is 11.2. The molecule has 94 valence electrons. The van der Waals surface area contributed by atoms with Gasteiger partial charge in [-0.1, -0.05) is 12.1 Å². The molecule has 1 unspecified atom stereocenters. The lowest BCUT2D eigenvalue weighted by molar-refractivity contribution is -0.388. The monoisotopic (exact) mass is 247 g/mol. The van der Waals surface area contributed by atoms with Gasteiger partial charge in [-0.15, -0.1) is 4.68 Å². The van der Waals surface area contributed by atoms with Crippen molar-refractivity contribution >= 4 is 16.7 Å². The normalized spacial score (nSPS) is 20.1. The minimum Gasteiger partial charge on any atom is -0.358 e. The Morgan fingerprint density at radius 2 is 2.22 bits per heavy atom. The molecule has 0 aliphatic carbocycles. The molecule has 2 heterocycles. The van der Waals surface area contributed by atoms with E-state index < -0.39 is 4.92 Å². The summed E-state index contributed by atoms with van der Waals surface area (Å²) in [5, 5.41) is 15.7. The van der Waals surface area contributed by atoms with Crippen LogP contribution in [0.3, 0.4) is 0 Å². The van der Waals surface area contributed by atoms with Gasteiger partial charge in [-0.2, -0.15) is 0 Å². The summed E-state index contributed by atoms with van der Waals surface area (Å²) in [5.74, 6) is -0.0974. The average Bonchev–Trinajstić information content (AvgIpc) is 2.79. The van der Waals surface area contributed by atoms with Crippen LogP contribution in [0, 0.1) is 10.1 Å². The van der Waals surface area contributed by atoms with Crippen LogP contribution in [0.1, 0.15) is 25.5 Å². The predicted octanol–water partition coefficient (Wildman–Crippen LogP) is 2.64. The summed E-state index contributed by atoms with van der Waals surface area (Å²) in [4.78, 5) is 10.6. The van der Waals surface area contributed by atoms with Gasteiger partial charge < -0.3 is 14.9 Å². The van der Waals surface area contributed by atoms with E-state index >= 15 is 0 Å². The van der Waals surface area contributed by atoms with E-state index in [0.29, 0.717) is 12.0 Å². The average molecular weight is 247 g/mol. The van der Waals surface area contributed by atoms with E-state index in [9.17, 15) is 10.1 Å². The number of aromatic nitrogens is 2. The van der Waals surface area contributed by atoms with Gasteiger partial charge in [0.15, 0.2) is 6.23 Å². The summed E-state index contributed by atoms with van der Waals surface area (Å²) in [5.41, 5.74) is 0.760. The van der Waals surface area contributed by atoms with Crippen molar-refractivity contribution in [3.63, 3.8) is 0 Å². The van der Waals surface area contributed by atoms with E-state index in [1.807, 2.05) is 12.1 Å². The highest BCUT2D eigenvalue weighted by Gasteiger charge is 2.27. The molecule has 1 aromatic heterocycles. The maximum Gasteiger partial charge on any atom is 0.397 e. The van der Waals surface area contributed by atoms with Crippen molar-refractivity contribution in [3.8, 4) is 0 Å². The van der Waals surface area contributed by atoms with Crippen molar-refractivity contribution in [3.05, 3.63) is 34.4 Å². The summed E-state index contributed by atoms with van der Waals surface area (Å²) in [6, 6.07) is 7.20. The van der Waals surface area contributed by atoms with Crippen LogP contribution in [0.15, 0.2) is 24.3 Å². The van der Waals surface area contributed by atoms with Crippen LogP contribution in [0.5, 0.6) is 0 Å². The molecule has 1 aliphatic heterocycles. The van der Waals surface area contributed by atoms with E-state index in [0.717, 1.165) is 24.8 Å². The number of fused-ring (bicyclic) bond motifs is 1. The Labute approximate surface area is 103 Å². The Hall–Kier alpha value is -1.95. The first-order chi connectivity index (χ1) is 8.77. The molecule has 0 amide bonds. The lowest BCUT2D eigenvalue weighted by atomic mass is 10.2. The Morgan fingerprint density at radius 3 is 2.94 bits per heavy atom. The number of nitrogens with zero attached hydrogens (tertiary/aromatic N) is 3. The maximum absolute atomic E-state index is 11.0. The van der Waals surface area contributed by atoms with Crippen LogP contribution in [-0.4, -0.2) is 21.3 Å². The molecule has 18 heavy (non-hydrogen) atoms. The van der Waals surface area contributed by atoms with Gasteiger partial charge in [-0.25, -0.2) is 0 Å². The van der Waals surface area contributed by atoms with Gasteiger partial charge in [0.25, 0.3) is 0 Å². The largest absolute Gasteiger partial charge is 0.397 e. The molecule has 0 spiro atoms. The molecule has 3 rings (SSSR count). The van der Waals surface area contributed by atoms with Crippen LogP contribution in [-0.2, 0) is 4.74 Å². The number of hydrogen-bond donors (Lipinski definition) is 0.